The quantitative estimate of drug-likeness (QED) is 0.514. The van der Waals surface area contributed by atoms with E-state index in [0.29, 0.717) is 5.05 Å². The summed E-state index contributed by atoms with van der Waals surface area (Å²) in [5.74, 6) is 0. The van der Waals surface area contributed by atoms with Crippen LogP contribution in [-0.4, -0.2) is 39.6 Å². The van der Waals surface area contributed by atoms with Crippen molar-refractivity contribution in [1.29, 1.82) is 0 Å². The van der Waals surface area contributed by atoms with Crippen LogP contribution in [0.2, 0.25) is 0 Å². The van der Waals surface area contributed by atoms with Crippen molar-refractivity contribution >= 4 is 34.3 Å². The highest BCUT2D eigenvalue weighted by molar-refractivity contribution is 8.14. The van der Waals surface area contributed by atoms with Crippen LogP contribution < -0.4 is 0 Å². The highest BCUT2D eigenvalue weighted by Gasteiger charge is 2.18. The Balaban J connectivity index is 2.48. The minimum absolute atomic E-state index is 0.0187. The summed E-state index contributed by atoms with van der Waals surface area (Å²) in [4.78, 5) is 14.0. The van der Waals surface area contributed by atoms with Crippen LogP contribution in [0, 0.1) is 0 Å². The third-order valence-corrected chi connectivity index (χ3v) is 5.41. The van der Waals surface area contributed by atoms with Gasteiger partial charge in [0, 0.05) is 23.9 Å². The zero-order valence-corrected chi connectivity index (χ0v) is 17.7. The topological polar surface area (TPSA) is 29.5 Å². The van der Waals surface area contributed by atoms with Crippen molar-refractivity contribution in [2.24, 2.45) is 0 Å². The van der Waals surface area contributed by atoms with Gasteiger partial charge in [0.25, 0.3) is 5.24 Å². The van der Waals surface area contributed by atoms with Crippen LogP contribution in [-0.2, 0) is 11.2 Å². The van der Waals surface area contributed by atoms with Crippen molar-refractivity contribution in [2.75, 3.05) is 13.1 Å². The molecule has 1 rings (SSSR count). The predicted molar refractivity (Wildman–Crippen MR) is 113 cm³/mol. The molecule has 0 bridgehead atoms. The molecule has 0 saturated carbocycles. The molecule has 2 unspecified atom stereocenters. The Morgan fingerprint density at radius 3 is 2.28 bits per heavy atom. The lowest BCUT2D eigenvalue weighted by Crippen LogP contribution is -2.28. The van der Waals surface area contributed by atoms with Gasteiger partial charge in [0.05, 0.1) is 6.10 Å². The molecule has 1 aromatic carbocycles. The third-order valence-electron chi connectivity index (χ3n) is 4.02. The fourth-order valence-electron chi connectivity index (χ4n) is 2.64. The van der Waals surface area contributed by atoms with Crippen LogP contribution in [0.1, 0.15) is 58.6 Å². The molecule has 2 atom stereocenters. The van der Waals surface area contributed by atoms with Crippen LogP contribution in [0.3, 0.4) is 0 Å². The maximum atomic E-state index is 12.1. The molecule has 5 heteroatoms. The zero-order chi connectivity index (χ0) is 18.8. The molecule has 0 aliphatic heterocycles. The van der Waals surface area contributed by atoms with E-state index in [2.05, 4.69) is 26.0 Å². The van der Waals surface area contributed by atoms with Gasteiger partial charge < -0.3 is 9.64 Å². The Bertz CT molecular complexity index is 541. The number of rotatable bonds is 9. The Morgan fingerprint density at radius 2 is 1.76 bits per heavy atom. The smallest absolute Gasteiger partial charge is 0.281 e. The lowest BCUT2D eigenvalue weighted by Gasteiger charge is -2.22. The summed E-state index contributed by atoms with van der Waals surface area (Å²) in [6.45, 7) is 11.8. The van der Waals surface area contributed by atoms with Crippen molar-refractivity contribution in [2.45, 2.75) is 65.2 Å². The molecule has 0 saturated heterocycles. The molecule has 140 valence electrons. The molecule has 0 heterocycles. The standard InChI is InChI=1S/C20H31NO2S2/c1-6-9-17-10-12-18(13-11-17)19(24)23-15(4)14-16(5)25-20(22)21(7-2)8-3/h10-13,15-16H,6-9,14H2,1-5H3. The lowest BCUT2D eigenvalue weighted by atomic mass is 10.1. The number of thiocarbonyl (C=S) groups is 1. The molecule has 0 spiro atoms. The maximum Gasteiger partial charge on any atom is 0.281 e. The number of carbonyl (C=O) groups is 1. The number of ether oxygens (including phenoxy) is 1. The van der Waals surface area contributed by atoms with Gasteiger partial charge in [0.1, 0.15) is 0 Å². The molecule has 0 aromatic heterocycles. The summed E-state index contributed by atoms with van der Waals surface area (Å²) in [5.41, 5.74) is 2.27. The SMILES string of the molecule is CCCc1ccc(C(=S)OC(C)CC(C)SC(=O)N(CC)CC)cc1. The van der Waals surface area contributed by atoms with E-state index >= 15 is 0 Å². The monoisotopic (exact) mass is 381 g/mol. The van der Waals surface area contributed by atoms with E-state index in [4.69, 9.17) is 17.0 Å². The average molecular weight is 382 g/mol. The summed E-state index contributed by atoms with van der Waals surface area (Å²) < 4.78 is 5.89. The van der Waals surface area contributed by atoms with Crippen LogP contribution in [0.5, 0.6) is 0 Å². The molecule has 1 amide bonds. The minimum atomic E-state index is -0.0187. The molecule has 3 nitrogen and oxygen atoms in total. The van der Waals surface area contributed by atoms with Crippen molar-refractivity contribution < 1.29 is 9.53 Å². The summed E-state index contributed by atoms with van der Waals surface area (Å²) in [5, 5.41) is 0.861. The fraction of sp³-hybridized carbons (Fsp3) is 0.600. The van der Waals surface area contributed by atoms with Gasteiger partial charge in [-0.15, -0.1) is 0 Å². The van der Waals surface area contributed by atoms with E-state index in [1.807, 2.05) is 37.8 Å². The summed E-state index contributed by atoms with van der Waals surface area (Å²) in [7, 11) is 0. The van der Waals surface area contributed by atoms with E-state index in [1.165, 1.54) is 17.3 Å². The van der Waals surface area contributed by atoms with E-state index in [1.54, 1.807) is 0 Å². The van der Waals surface area contributed by atoms with E-state index in [9.17, 15) is 4.79 Å². The number of benzene rings is 1. The predicted octanol–water partition coefficient (Wildman–Crippen LogP) is 5.69. The number of carbonyl (C=O) groups excluding carboxylic acids is 1. The van der Waals surface area contributed by atoms with Crippen molar-refractivity contribution in [3.8, 4) is 0 Å². The Morgan fingerprint density at radius 1 is 1.16 bits per heavy atom. The number of hydrogen-bond acceptors (Lipinski definition) is 4. The summed E-state index contributed by atoms with van der Waals surface area (Å²) in [6.07, 6.45) is 2.99. The highest BCUT2D eigenvalue weighted by Crippen LogP contribution is 2.21. The number of thioether (sulfide) groups is 1. The van der Waals surface area contributed by atoms with Gasteiger partial charge in [0.2, 0.25) is 0 Å². The van der Waals surface area contributed by atoms with Crippen LogP contribution in [0.15, 0.2) is 24.3 Å². The van der Waals surface area contributed by atoms with E-state index < -0.39 is 0 Å². The molecule has 0 fully saturated rings. The second-order valence-electron chi connectivity index (χ2n) is 6.27. The molecule has 25 heavy (non-hydrogen) atoms. The van der Waals surface area contributed by atoms with Crippen molar-refractivity contribution in [3.05, 3.63) is 35.4 Å². The molecule has 0 aliphatic rings. The van der Waals surface area contributed by atoms with Crippen molar-refractivity contribution in [3.63, 3.8) is 0 Å². The molecular weight excluding hydrogens is 350 g/mol. The Hall–Kier alpha value is -1.07. The van der Waals surface area contributed by atoms with Gasteiger partial charge in [-0.05, 0) is 51.4 Å². The lowest BCUT2D eigenvalue weighted by molar-refractivity contribution is 0.205. The van der Waals surface area contributed by atoms with Gasteiger partial charge in [-0.1, -0.05) is 56.3 Å². The van der Waals surface area contributed by atoms with Crippen LogP contribution >= 0.6 is 24.0 Å². The van der Waals surface area contributed by atoms with E-state index in [-0.39, 0.29) is 16.6 Å². The van der Waals surface area contributed by atoms with Gasteiger partial charge in [0.15, 0.2) is 5.05 Å². The maximum absolute atomic E-state index is 12.1. The first-order chi connectivity index (χ1) is 11.9. The van der Waals surface area contributed by atoms with Crippen LogP contribution in [0.25, 0.3) is 0 Å². The summed E-state index contributed by atoms with van der Waals surface area (Å²) >= 11 is 6.80. The molecule has 1 aromatic rings. The fourth-order valence-corrected chi connectivity index (χ4v) is 4.06. The van der Waals surface area contributed by atoms with Crippen molar-refractivity contribution in [1.82, 2.24) is 4.90 Å². The number of aryl methyl sites for hydroxylation is 1. The first-order valence-corrected chi connectivity index (χ1v) is 10.4. The number of amides is 1. The normalized spacial score (nSPS) is 13.2. The molecule has 0 aliphatic carbocycles. The van der Waals surface area contributed by atoms with Crippen LogP contribution in [0.4, 0.5) is 4.79 Å². The number of nitrogens with zero attached hydrogens (tertiary/aromatic N) is 1. The van der Waals surface area contributed by atoms with Gasteiger partial charge in [-0.2, -0.15) is 0 Å². The molecule has 0 radical (unpaired) electrons. The minimum Gasteiger partial charge on any atom is -0.480 e. The first-order valence-electron chi connectivity index (χ1n) is 9.16. The molecular formula is C20H31NO2S2. The Kier molecular flexibility index (Phi) is 10.1. The Labute approximate surface area is 162 Å². The van der Waals surface area contributed by atoms with Gasteiger partial charge in [-0.25, -0.2) is 0 Å². The highest BCUT2D eigenvalue weighted by atomic mass is 32.2. The largest absolute Gasteiger partial charge is 0.480 e. The second kappa shape index (κ2) is 11.5. The third kappa shape index (κ3) is 7.78. The molecule has 0 N–H and O–H groups in total. The first kappa shape index (κ1) is 22.0. The number of hydrogen-bond donors (Lipinski definition) is 0. The summed E-state index contributed by atoms with van der Waals surface area (Å²) in [6, 6.07) is 8.28. The van der Waals surface area contributed by atoms with E-state index in [0.717, 1.165) is 37.9 Å². The van der Waals surface area contributed by atoms with Gasteiger partial charge in [-0.3, -0.25) is 4.79 Å². The zero-order valence-electron chi connectivity index (χ0n) is 16.1. The van der Waals surface area contributed by atoms with Gasteiger partial charge >= 0.3 is 0 Å². The second-order valence-corrected chi connectivity index (χ2v) is 8.03. The average Bonchev–Trinajstić information content (AvgIpc) is 2.56.